The predicted octanol–water partition coefficient (Wildman–Crippen LogP) is 10.4. The highest BCUT2D eigenvalue weighted by atomic mass is 16.6. The van der Waals surface area contributed by atoms with Crippen molar-refractivity contribution in [3.63, 3.8) is 0 Å². The highest BCUT2D eigenvalue weighted by molar-refractivity contribution is 5.82. The molecule has 0 saturated heterocycles. The molecule has 0 aliphatic carbocycles. The molecule has 16 heteroatoms. The SMILES string of the molecule is C.C.C.C.C.C.C.C.C=CC(=O)OCCCCCC(=O)OCC(COC(=O)CCCCCOC(=O)C=C)(COC(=O)CCCCCOC(=O)C=C)COC(=O)CCCCCOC(=O)C=C. The van der Waals surface area contributed by atoms with E-state index < -0.39 is 79.6 Å². The van der Waals surface area contributed by atoms with Crippen LogP contribution in [-0.2, 0) is 76.3 Å². The lowest BCUT2D eigenvalue weighted by atomic mass is 9.92. The second kappa shape index (κ2) is 53.1. The molecule has 0 bridgehead atoms. The Morgan fingerprint density at radius 2 is 0.477 bits per heavy atom. The maximum atomic E-state index is 12.8. The first kappa shape index (κ1) is 80.0. The first-order valence-electron chi connectivity index (χ1n) is 19.2. The van der Waals surface area contributed by atoms with E-state index in [0.29, 0.717) is 77.0 Å². The number of hydrogen-bond acceptors (Lipinski definition) is 16. The smallest absolute Gasteiger partial charge is 0.330 e. The van der Waals surface area contributed by atoms with Crippen LogP contribution in [0.5, 0.6) is 0 Å². The van der Waals surface area contributed by atoms with Gasteiger partial charge in [0.2, 0.25) is 0 Å². The molecule has 0 amide bonds. The zero-order valence-electron chi connectivity index (χ0n) is 33.1. The largest absolute Gasteiger partial charge is 0.465 e. The summed E-state index contributed by atoms with van der Waals surface area (Å²) in [4.78, 5) is 96.1. The van der Waals surface area contributed by atoms with E-state index in [4.69, 9.17) is 37.9 Å². The number of rotatable bonds is 36. The van der Waals surface area contributed by atoms with E-state index >= 15 is 0 Å². The average molecular weight is 937 g/mol. The van der Waals surface area contributed by atoms with Crippen LogP contribution in [0.4, 0.5) is 0 Å². The average Bonchev–Trinajstić information content (AvgIpc) is 3.21. The van der Waals surface area contributed by atoms with Crippen LogP contribution in [0, 0.1) is 5.41 Å². The maximum absolute atomic E-state index is 12.8. The van der Waals surface area contributed by atoms with Crippen molar-refractivity contribution >= 4 is 47.8 Å². The lowest BCUT2D eigenvalue weighted by molar-refractivity contribution is -0.171. The molecule has 0 aromatic rings. The summed E-state index contributed by atoms with van der Waals surface area (Å²) in [6, 6.07) is 0. The van der Waals surface area contributed by atoms with Crippen LogP contribution in [0.15, 0.2) is 50.6 Å². The number of carbonyl (C=O) groups is 8. The molecule has 0 unspecified atom stereocenters. The summed E-state index contributed by atoms with van der Waals surface area (Å²) >= 11 is 0. The van der Waals surface area contributed by atoms with Crippen LogP contribution in [0.2, 0.25) is 0 Å². The molecule has 0 N–H and O–H groups in total. The molecular weight excluding hydrogens is 845 g/mol. The second-order valence-corrected chi connectivity index (χ2v) is 12.9. The lowest BCUT2D eigenvalue weighted by Crippen LogP contribution is -2.44. The molecule has 65 heavy (non-hydrogen) atoms. The van der Waals surface area contributed by atoms with Crippen molar-refractivity contribution in [3.8, 4) is 0 Å². The number of hydrogen-bond donors (Lipinski definition) is 0. The van der Waals surface area contributed by atoms with E-state index in [0.717, 1.165) is 24.3 Å². The van der Waals surface area contributed by atoms with Crippen molar-refractivity contribution < 1.29 is 76.3 Å². The topological polar surface area (TPSA) is 210 Å². The molecule has 0 heterocycles. The number of ether oxygens (including phenoxy) is 8. The molecule has 16 nitrogen and oxygen atoms in total. The summed E-state index contributed by atoms with van der Waals surface area (Å²) in [6.07, 6.45) is 10.2. The zero-order chi connectivity index (χ0) is 42.6. The summed E-state index contributed by atoms with van der Waals surface area (Å²) in [5, 5.41) is 0. The fourth-order valence-electron chi connectivity index (χ4n) is 4.59. The molecule has 0 atom stereocenters. The Kier molecular flexibility index (Phi) is 65.3. The van der Waals surface area contributed by atoms with E-state index in [-0.39, 0.29) is 112 Å². The van der Waals surface area contributed by atoms with Gasteiger partial charge in [-0.2, -0.15) is 0 Å². The molecule has 0 rings (SSSR count). The first-order chi connectivity index (χ1) is 27.4. The third-order valence-corrected chi connectivity index (χ3v) is 7.90. The van der Waals surface area contributed by atoms with Crippen LogP contribution in [-0.4, -0.2) is 101 Å². The van der Waals surface area contributed by atoms with Crippen molar-refractivity contribution in [3.05, 3.63) is 50.6 Å². The molecular formula is C49H92O16. The predicted molar refractivity (Wildman–Crippen MR) is 259 cm³/mol. The van der Waals surface area contributed by atoms with Crippen molar-refractivity contribution in [2.24, 2.45) is 5.41 Å². The van der Waals surface area contributed by atoms with E-state index in [1.165, 1.54) is 0 Å². The lowest BCUT2D eigenvalue weighted by Gasteiger charge is -2.31. The van der Waals surface area contributed by atoms with E-state index in [1.807, 2.05) is 0 Å². The van der Waals surface area contributed by atoms with Crippen LogP contribution in [0.1, 0.15) is 162 Å². The minimum atomic E-state index is -1.47. The maximum Gasteiger partial charge on any atom is 0.330 e. The Balaban J connectivity index is -0.000000560. The minimum Gasteiger partial charge on any atom is -0.465 e. The van der Waals surface area contributed by atoms with Crippen molar-refractivity contribution in [2.75, 3.05) is 52.9 Å². The van der Waals surface area contributed by atoms with Gasteiger partial charge in [-0.1, -0.05) is 85.7 Å². The molecule has 0 saturated carbocycles. The second-order valence-electron chi connectivity index (χ2n) is 12.9. The van der Waals surface area contributed by atoms with Gasteiger partial charge in [0.05, 0.1) is 26.4 Å². The van der Waals surface area contributed by atoms with E-state index in [2.05, 4.69) is 26.3 Å². The first-order valence-corrected chi connectivity index (χ1v) is 19.2. The third-order valence-electron chi connectivity index (χ3n) is 7.90. The Morgan fingerprint density at radius 1 is 0.292 bits per heavy atom. The highest BCUT2D eigenvalue weighted by Gasteiger charge is 2.38. The summed E-state index contributed by atoms with van der Waals surface area (Å²) in [7, 11) is 0. The zero-order valence-corrected chi connectivity index (χ0v) is 33.1. The number of esters is 8. The summed E-state index contributed by atoms with van der Waals surface area (Å²) < 4.78 is 42.0. The van der Waals surface area contributed by atoms with Gasteiger partial charge in [-0.15, -0.1) is 0 Å². The third kappa shape index (κ3) is 48.0. The molecule has 0 aliphatic rings. The highest BCUT2D eigenvalue weighted by Crippen LogP contribution is 2.23. The van der Waals surface area contributed by atoms with Gasteiger partial charge in [0.15, 0.2) is 0 Å². The standard InChI is InChI=1S/C41H60O16.8CH4/c1-5-33(42)50-25-17-9-13-21-37(46)54-29-41(30-55-38(47)22-14-10-18-26-51-34(43)6-2,31-56-39(48)23-15-11-19-27-52-35(44)7-3)32-57-40(49)24-16-12-20-28-53-36(45)8-4;;;;;;;;/h5-8H,1-4,9-32H2;8*1H4. The van der Waals surface area contributed by atoms with Crippen LogP contribution in [0.3, 0.4) is 0 Å². The van der Waals surface area contributed by atoms with E-state index in [9.17, 15) is 38.4 Å². The van der Waals surface area contributed by atoms with Gasteiger partial charge in [-0.25, -0.2) is 19.2 Å². The molecule has 0 aromatic heterocycles. The van der Waals surface area contributed by atoms with Gasteiger partial charge in [0.1, 0.15) is 31.8 Å². The normalized spacial score (nSPS) is 9.23. The van der Waals surface area contributed by atoms with Crippen LogP contribution >= 0.6 is 0 Å². The number of carbonyl (C=O) groups excluding carboxylic acids is 8. The summed E-state index contributed by atoms with van der Waals surface area (Å²) in [6.45, 7) is 12.3. The number of unbranched alkanes of at least 4 members (excludes halogenated alkanes) is 8. The molecule has 0 aliphatic heterocycles. The Bertz CT molecular complexity index is 1110. The van der Waals surface area contributed by atoms with Crippen molar-refractivity contribution in [1.29, 1.82) is 0 Å². The fourth-order valence-corrected chi connectivity index (χ4v) is 4.59. The van der Waals surface area contributed by atoms with Crippen molar-refractivity contribution in [1.82, 2.24) is 0 Å². The van der Waals surface area contributed by atoms with Crippen LogP contribution in [0.25, 0.3) is 0 Å². The Labute approximate surface area is 394 Å². The minimum absolute atomic E-state index is 0. The molecule has 0 aromatic carbocycles. The van der Waals surface area contributed by atoms with Gasteiger partial charge in [0.25, 0.3) is 0 Å². The summed E-state index contributed by atoms with van der Waals surface area (Å²) in [5.74, 6) is -4.57. The Hall–Kier alpha value is -5.28. The molecule has 0 spiro atoms. The Morgan fingerprint density at radius 3 is 0.646 bits per heavy atom. The summed E-state index contributed by atoms with van der Waals surface area (Å²) in [5.41, 5.74) is -1.47. The van der Waals surface area contributed by atoms with Gasteiger partial charge < -0.3 is 37.9 Å². The van der Waals surface area contributed by atoms with Gasteiger partial charge in [-0.05, 0) is 77.0 Å². The molecule has 0 fully saturated rings. The van der Waals surface area contributed by atoms with Gasteiger partial charge >= 0.3 is 47.8 Å². The fraction of sp³-hybridized carbons (Fsp3) is 0.673. The quantitative estimate of drug-likeness (QED) is 0.0247. The van der Waals surface area contributed by atoms with Crippen LogP contribution < -0.4 is 0 Å². The van der Waals surface area contributed by atoms with Gasteiger partial charge in [0, 0.05) is 50.0 Å². The van der Waals surface area contributed by atoms with Gasteiger partial charge in [-0.3, -0.25) is 19.2 Å². The van der Waals surface area contributed by atoms with Crippen molar-refractivity contribution in [2.45, 2.75) is 162 Å². The van der Waals surface area contributed by atoms with E-state index in [1.54, 1.807) is 0 Å². The molecule has 384 valence electrons. The molecule has 0 radical (unpaired) electrons. The monoisotopic (exact) mass is 937 g/mol.